The van der Waals surface area contributed by atoms with Crippen molar-refractivity contribution in [3.8, 4) is 11.5 Å². The third kappa shape index (κ3) is 18.1. The van der Waals surface area contributed by atoms with Crippen LogP contribution in [0.2, 0.25) is 0 Å². The van der Waals surface area contributed by atoms with E-state index in [1.807, 2.05) is 39.8 Å². The number of carbonyl (C=O) groups excluding carboxylic acids is 8. The zero-order chi connectivity index (χ0) is 88.5. The Morgan fingerprint density at radius 3 is 0.746 bits per heavy atom. The Balaban J connectivity index is 0.000000124. The molecule has 19 rings (SSSR count). The van der Waals surface area contributed by atoms with Gasteiger partial charge in [-0.3, -0.25) is 38.4 Å². The summed E-state index contributed by atoms with van der Waals surface area (Å²) in [7, 11) is -4.54. The molecule has 0 aromatic heterocycles. The topological polar surface area (TPSA) is 181 Å². The lowest BCUT2D eigenvalue weighted by atomic mass is 10.1. The molecule has 11 saturated heterocycles. The maximum atomic E-state index is 12.8. The molecular weight excluding hydrogens is 1720 g/mol. The average Bonchev–Trinajstić information content (AvgIpc) is 1.61. The second kappa shape index (κ2) is 40.5. The van der Waals surface area contributed by atoms with Crippen molar-refractivity contribution in [1.29, 1.82) is 0 Å². The Morgan fingerprint density at radius 2 is 0.468 bits per heavy atom. The molecule has 11 fully saturated rings. The first-order chi connectivity index (χ1) is 61.0. The van der Waals surface area contributed by atoms with E-state index in [-0.39, 0.29) is 143 Å². The van der Waals surface area contributed by atoms with Crippen LogP contribution in [0, 0.1) is 0 Å². The molecule has 11 aliphatic rings. The van der Waals surface area contributed by atoms with Gasteiger partial charge in [-0.25, -0.2) is 40.1 Å². The summed E-state index contributed by atoms with van der Waals surface area (Å²) < 4.78 is 12.8. The molecule has 11 heterocycles. The first-order valence-electron chi connectivity index (χ1n) is 45.7. The number of hydrogen-bond donors (Lipinski definition) is 0. The Bertz CT molecular complexity index is 4940. The van der Waals surface area contributed by atoms with E-state index in [1.54, 1.807) is 50.7 Å². The Labute approximate surface area is 755 Å². The van der Waals surface area contributed by atoms with Crippen molar-refractivity contribution in [2.75, 3.05) is 13.2 Å². The molecular formula is C100H122N8O10P8. The van der Waals surface area contributed by atoms with Gasteiger partial charge in [0.15, 0.2) is 0 Å². The average molecular weight is 1840 g/mol. The number of amides is 8. The van der Waals surface area contributed by atoms with Gasteiger partial charge in [0.05, 0.1) is 59.5 Å². The fourth-order valence-electron chi connectivity index (χ4n) is 21.7. The molecule has 0 aliphatic carbocycles. The smallest absolute Gasteiger partial charge is 0.242 e. The number of benzene rings is 8. The molecule has 0 spiro atoms. The van der Waals surface area contributed by atoms with Crippen molar-refractivity contribution in [3.63, 3.8) is 0 Å². The van der Waals surface area contributed by atoms with Crippen LogP contribution < -0.4 is 62.5 Å². The van der Waals surface area contributed by atoms with E-state index in [0.29, 0.717) is 37.0 Å². The predicted octanol–water partition coefficient (Wildman–Crippen LogP) is 17.2. The van der Waals surface area contributed by atoms with Gasteiger partial charge < -0.3 is 9.47 Å². The Kier molecular flexibility index (Phi) is 29.5. The molecule has 662 valence electrons. The van der Waals surface area contributed by atoms with Crippen LogP contribution in [0.5, 0.6) is 11.5 Å². The van der Waals surface area contributed by atoms with Gasteiger partial charge in [-0.2, -0.15) is 0 Å². The third-order valence-electron chi connectivity index (χ3n) is 27.5. The van der Waals surface area contributed by atoms with Crippen molar-refractivity contribution in [2.24, 2.45) is 0 Å². The maximum absolute atomic E-state index is 12.8. The molecule has 0 saturated carbocycles. The molecule has 8 aromatic carbocycles. The summed E-state index contributed by atoms with van der Waals surface area (Å²) in [5, 5.41) is 27.8. The number of fused-ring (bicyclic) bond motifs is 4. The number of rotatable bonds is 18. The molecule has 0 radical (unpaired) electrons. The summed E-state index contributed by atoms with van der Waals surface area (Å²) >= 11 is 0. The van der Waals surface area contributed by atoms with Gasteiger partial charge in [0.25, 0.3) is 0 Å². The minimum absolute atomic E-state index is 0.00120. The summed E-state index contributed by atoms with van der Waals surface area (Å²) in [6, 6.07) is 77.6. The summed E-state index contributed by atoms with van der Waals surface area (Å²) in [4.78, 5) is 101. The Hall–Kier alpha value is -7.44. The van der Waals surface area contributed by atoms with Crippen LogP contribution in [0.15, 0.2) is 218 Å². The van der Waals surface area contributed by atoms with Crippen molar-refractivity contribution in [1.82, 2.24) is 40.1 Å². The van der Waals surface area contributed by atoms with Crippen LogP contribution in [-0.4, -0.2) is 181 Å². The molecule has 0 N–H and O–H groups in total. The van der Waals surface area contributed by atoms with E-state index in [2.05, 4.69) is 262 Å². The second-order valence-electron chi connectivity index (χ2n) is 34.9. The monoisotopic (exact) mass is 1840 g/mol. The highest BCUT2D eigenvalue weighted by Crippen LogP contribution is 2.65. The van der Waals surface area contributed by atoms with E-state index in [0.717, 1.165) is 47.3 Å². The zero-order valence-corrected chi connectivity index (χ0v) is 82.0. The summed E-state index contributed by atoms with van der Waals surface area (Å²) in [6.45, 7) is 27.9. The predicted molar refractivity (Wildman–Crippen MR) is 524 cm³/mol. The first kappa shape index (κ1) is 91.9. The lowest BCUT2D eigenvalue weighted by molar-refractivity contribution is -0.170. The highest BCUT2D eigenvalue weighted by molar-refractivity contribution is 7.82. The van der Waals surface area contributed by atoms with Crippen LogP contribution in [0.4, 0.5) is 0 Å². The number of hydrogen-bond acceptors (Lipinski definition) is 10. The number of para-hydroxylation sites is 2. The zero-order valence-electron chi connectivity index (χ0n) is 74.8. The maximum Gasteiger partial charge on any atom is 0.242 e. The van der Waals surface area contributed by atoms with Crippen LogP contribution in [-0.2, 0) is 38.4 Å². The van der Waals surface area contributed by atoms with E-state index >= 15 is 0 Å². The second-order valence-corrected chi connectivity index (χ2v) is 56.8. The standard InChI is InChI=1S/C32H40O2P2.C26H26N2O2P2.C22H28N4O4P2.C20H28N2O2P2/c1-3-27-19-20-28(4-2)35(27)31-17-11-12-18-32(31)36-29(23-33-25-13-7-5-8-14-25)21-22-30(36)24-34-26-15-9-6-10-16-26;1-19-27-25(29)17-18-26(30)28(27)20(2)31(19)23-15-9-10-16-24(23)32(21-11-5-3-6-12-21)22-13-7-4-8-14-22;1-13-23-19(27)9-10-20(28)24(23)14(2)31(13)17-7-5-6-8-18(17)32-15(3)25-21(29)11-12-22(30)26(25)16(32)4;1-13-9-10-14(2)25(13)17-7-5-6-8-18(17)26-15(3)21-19(23)11-12-20(24)22(21)16(26)4/h5-18,27-30H,3-4,19-24H2,1-2H3;3-16,19-20H,17-18H2,1-2H3;5-8,13-16H,9-12H2,1-4H3;5-8,13-16H,9-12H2,1-4H3/t27-,28-,29+,30+;19-,20-;2*13-,14-,15-,16-/m1111/s1. The first-order valence-corrected chi connectivity index (χ1v) is 57.4. The van der Waals surface area contributed by atoms with E-state index in [9.17, 15) is 38.4 Å². The fraction of sp³-hybridized carbons (Fsp3) is 0.440. The van der Waals surface area contributed by atoms with Gasteiger partial charge in [0.1, 0.15) is 11.5 Å². The lowest BCUT2D eigenvalue weighted by Gasteiger charge is -2.35. The quantitative estimate of drug-likeness (QED) is 0.0750. The molecule has 11 aliphatic heterocycles. The van der Waals surface area contributed by atoms with E-state index in [1.165, 1.54) is 93.8 Å². The lowest BCUT2D eigenvalue weighted by Crippen LogP contribution is -2.53. The largest absolute Gasteiger partial charge is 0.493 e. The summed E-state index contributed by atoms with van der Waals surface area (Å²) in [5.74, 6) is 2.28. The number of ether oxygens (including phenoxy) is 2. The van der Waals surface area contributed by atoms with Crippen LogP contribution in [0.25, 0.3) is 0 Å². The van der Waals surface area contributed by atoms with E-state index < -0.39 is 39.6 Å². The van der Waals surface area contributed by atoms with Gasteiger partial charge in [-0.05, 0) is 246 Å². The van der Waals surface area contributed by atoms with Gasteiger partial charge >= 0.3 is 0 Å². The minimum atomic E-state index is -0.865. The molecule has 0 bridgehead atoms. The molecule has 8 aromatic rings. The van der Waals surface area contributed by atoms with Gasteiger partial charge in [-0.15, -0.1) is 0 Å². The minimum Gasteiger partial charge on any atom is -0.493 e. The molecule has 26 heteroatoms. The van der Waals surface area contributed by atoms with Crippen LogP contribution in [0.3, 0.4) is 0 Å². The van der Waals surface area contributed by atoms with Crippen molar-refractivity contribution < 1.29 is 47.8 Å². The highest BCUT2D eigenvalue weighted by Gasteiger charge is 2.57. The molecule has 126 heavy (non-hydrogen) atoms. The summed E-state index contributed by atoms with van der Waals surface area (Å²) in [6.07, 6.45) is 13.0. The van der Waals surface area contributed by atoms with Crippen LogP contribution >= 0.6 is 63.4 Å². The number of nitrogens with zero attached hydrogens (tertiary/aromatic N) is 8. The van der Waals surface area contributed by atoms with Gasteiger partial charge in [-0.1, -0.05) is 246 Å². The normalized spacial score (nSPS) is 27.4. The number of carbonyl (C=O) groups is 8. The van der Waals surface area contributed by atoms with E-state index in [4.69, 9.17) is 9.47 Å². The third-order valence-corrected chi connectivity index (χ3v) is 53.1. The molecule has 8 amide bonds. The van der Waals surface area contributed by atoms with Crippen molar-refractivity contribution in [2.45, 2.75) is 266 Å². The van der Waals surface area contributed by atoms with Gasteiger partial charge in [0.2, 0.25) is 47.3 Å². The highest BCUT2D eigenvalue weighted by atomic mass is 31.1. The van der Waals surface area contributed by atoms with Crippen LogP contribution in [0.1, 0.15) is 186 Å². The number of hydrazine groups is 4. The van der Waals surface area contributed by atoms with Crippen molar-refractivity contribution >= 4 is 164 Å². The fourth-order valence-corrected chi connectivity index (χ4v) is 48.9. The molecule has 18 nitrogen and oxygen atoms in total. The molecule has 0 unspecified atom stereocenters. The van der Waals surface area contributed by atoms with Crippen molar-refractivity contribution in [3.05, 3.63) is 218 Å². The molecule has 14 atom stereocenters. The summed E-state index contributed by atoms with van der Waals surface area (Å²) in [5.41, 5.74) is 4.42. The Morgan fingerprint density at radius 1 is 0.254 bits per heavy atom. The SMILES string of the molecule is CC[C@@H]1CC[C@@H](CC)P1c1ccccc1P1[C@H](COc2ccccc2)CC[C@H]1COc1ccccc1.C[C@@H]1CC[C@@H](C)P1c1ccccc1P1[C@H](C)N2C(=O)CCC(=O)N2[C@H]1C.C[C@@H]1N2C(=O)CCC(=O)N2[C@@H](C)P1c1ccccc1P(c1ccccc1)c1ccccc1.C[C@@H]1N2C(=O)CCC(=O)N2[C@@H](C)P1c1ccccc1P1[C@H](C)N2C(=O)CCC(=O)N2[C@H]1C. The van der Waals surface area contributed by atoms with Gasteiger partial charge in [0, 0.05) is 62.7 Å².